The van der Waals surface area contributed by atoms with Crippen molar-refractivity contribution in [2.24, 2.45) is 11.7 Å². The summed E-state index contributed by atoms with van der Waals surface area (Å²) >= 11 is 4.80. The van der Waals surface area contributed by atoms with Crippen molar-refractivity contribution < 1.29 is 9.59 Å². The van der Waals surface area contributed by atoms with Crippen molar-refractivity contribution in [3.05, 3.63) is 35.4 Å². The number of benzene rings is 1. The summed E-state index contributed by atoms with van der Waals surface area (Å²) < 4.78 is 0. The molecule has 0 aliphatic heterocycles. The van der Waals surface area contributed by atoms with Crippen molar-refractivity contribution >= 4 is 29.3 Å². The SMILES string of the molecule is CC([C]=O)CC(=O)c1ccc(C(N)=S)cc1. The minimum atomic E-state index is -0.372. The van der Waals surface area contributed by atoms with Crippen LogP contribution in [0, 0.1) is 5.92 Å². The Kier molecular flexibility index (Phi) is 4.31. The van der Waals surface area contributed by atoms with Gasteiger partial charge in [0.05, 0.1) is 0 Å². The Morgan fingerprint density at radius 3 is 2.31 bits per heavy atom. The van der Waals surface area contributed by atoms with Crippen LogP contribution < -0.4 is 5.73 Å². The molecule has 4 heteroatoms. The van der Waals surface area contributed by atoms with E-state index in [0.29, 0.717) is 10.6 Å². The average molecular weight is 234 g/mol. The molecule has 0 bridgehead atoms. The molecule has 2 N–H and O–H groups in total. The summed E-state index contributed by atoms with van der Waals surface area (Å²) in [7, 11) is 0. The first-order chi connectivity index (χ1) is 7.54. The maximum absolute atomic E-state index is 11.7. The largest absolute Gasteiger partial charge is 0.389 e. The lowest BCUT2D eigenvalue weighted by Gasteiger charge is -2.03. The van der Waals surface area contributed by atoms with Crippen molar-refractivity contribution in [3.63, 3.8) is 0 Å². The first-order valence-electron chi connectivity index (χ1n) is 4.85. The number of nitrogens with two attached hydrogens (primary N) is 1. The van der Waals surface area contributed by atoms with Gasteiger partial charge < -0.3 is 5.73 Å². The Labute approximate surface area is 99.6 Å². The minimum Gasteiger partial charge on any atom is -0.389 e. The van der Waals surface area contributed by atoms with E-state index in [2.05, 4.69) is 0 Å². The molecule has 1 atom stereocenters. The number of hydrogen-bond donors (Lipinski definition) is 1. The van der Waals surface area contributed by atoms with E-state index in [1.165, 1.54) is 0 Å². The van der Waals surface area contributed by atoms with Gasteiger partial charge in [0.2, 0.25) is 6.29 Å². The number of hydrogen-bond acceptors (Lipinski definition) is 3. The highest BCUT2D eigenvalue weighted by atomic mass is 32.1. The maximum atomic E-state index is 11.7. The van der Waals surface area contributed by atoms with Gasteiger partial charge in [-0.05, 0) is 0 Å². The molecule has 1 unspecified atom stereocenters. The van der Waals surface area contributed by atoms with E-state index in [1.807, 2.05) is 0 Å². The first kappa shape index (κ1) is 12.5. The third-order valence-electron chi connectivity index (χ3n) is 2.18. The Hall–Kier alpha value is -1.55. The molecule has 0 aliphatic carbocycles. The molecule has 3 nitrogen and oxygen atoms in total. The standard InChI is InChI=1S/C12H12NO2S/c1-8(7-14)6-11(15)9-2-4-10(5-3-9)12(13)16/h2-5,8H,6H2,1H3,(H2,13,16). The van der Waals surface area contributed by atoms with E-state index >= 15 is 0 Å². The van der Waals surface area contributed by atoms with Crippen molar-refractivity contribution in [1.29, 1.82) is 0 Å². The predicted octanol–water partition coefficient (Wildman–Crippen LogP) is 1.64. The van der Waals surface area contributed by atoms with Gasteiger partial charge in [-0.1, -0.05) is 43.4 Å². The highest BCUT2D eigenvalue weighted by Gasteiger charge is 2.11. The van der Waals surface area contributed by atoms with E-state index in [0.717, 1.165) is 5.56 Å². The summed E-state index contributed by atoms with van der Waals surface area (Å²) in [5.41, 5.74) is 6.72. The molecule has 0 saturated heterocycles. The van der Waals surface area contributed by atoms with Crippen LogP contribution in [0.3, 0.4) is 0 Å². The number of carbonyl (C=O) groups excluding carboxylic acids is 2. The van der Waals surface area contributed by atoms with Crippen molar-refractivity contribution in [1.82, 2.24) is 0 Å². The Morgan fingerprint density at radius 2 is 1.88 bits per heavy atom. The molecular formula is C12H12NO2S. The van der Waals surface area contributed by atoms with Gasteiger partial charge >= 0.3 is 0 Å². The molecule has 1 rings (SSSR count). The van der Waals surface area contributed by atoms with Crippen LogP contribution in [0.15, 0.2) is 24.3 Å². The van der Waals surface area contributed by atoms with Crippen LogP contribution in [0.4, 0.5) is 0 Å². The van der Waals surface area contributed by atoms with E-state index in [9.17, 15) is 9.59 Å². The minimum absolute atomic E-state index is 0.0784. The van der Waals surface area contributed by atoms with Gasteiger partial charge in [-0.15, -0.1) is 0 Å². The van der Waals surface area contributed by atoms with Crippen LogP contribution in [0.25, 0.3) is 0 Å². The van der Waals surface area contributed by atoms with Crippen LogP contribution in [0.5, 0.6) is 0 Å². The number of thiocarbonyl (C=S) groups is 1. The summed E-state index contributed by atoms with van der Waals surface area (Å²) in [6.07, 6.45) is 1.96. The van der Waals surface area contributed by atoms with E-state index in [1.54, 1.807) is 37.5 Å². The third kappa shape index (κ3) is 3.24. The van der Waals surface area contributed by atoms with E-state index in [-0.39, 0.29) is 18.1 Å². The Balaban J connectivity index is 2.77. The monoisotopic (exact) mass is 234 g/mol. The number of Topliss-reactive ketones (excluding diaryl/α,β-unsaturated/α-hetero) is 1. The van der Waals surface area contributed by atoms with Gasteiger partial charge in [0.15, 0.2) is 5.78 Å². The summed E-state index contributed by atoms with van der Waals surface area (Å²) in [5, 5.41) is 0. The van der Waals surface area contributed by atoms with Crippen LogP contribution in [0.2, 0.25) is 0 Å². The quantitative estimate of drug-likeness (QED) is 0.621. The van der Waals surface area contributed by atoms with Gasteiger partial charge in [0.25, 0.3) is 0 Å². The van der Waals surface area contributed by atoms with Crippen LogP contribution in [0.1, 0.15) is 29.3 Å². The van der Waals surface area contributed by atoms with Crippen molar-refractivity contribution in [3.8, 4) is 0 Å². The number of ketones is 1. The Bertz CT molecular complexity index is 412. The molecule has 16 heavy (non-hydrogen) atoms. The van der Waals surface area contributed by atoms with Crippen LogP contribution in [-0.4, -0.2) is 17.1 Å². The molecule has 0 fully saturated rings. The van der Waals surface area contributed by atoms with Gasteiger partial charge in [-0.25, -0.2) is 0 Å². The number of carbonyl (C=O) groups is 1. The zero-order valence-electron chi connectivity index (χ0n) is 8.90. The van der Waals surface area contributed by atoms with E-state index in [4.69, 9.17) is 18.0 Å². The zero-order chi connectivity index (χ0) is 12.1. The Morgan fingerprint density at radius 1 is 1.38 bits per heavy atom. The van der Waals surface area contributed by atoms with Crippen LogP contribution >= 0.6 is 12.2 Å². The van der Waals surface area contributed by atoms with E-state index < -0.39 is 0 Å². The molecule has 1 aromatic rings. The molecule has 0 aliphatic rings. The fourth-order valence-electron chi connectivity index (χ4n) is 1.26. The topological polar surface area (TPSA) is 60.2 Å². The van der Waals surface area contributed by atoms with Gasteiger partial charge in [0, 0.05) is 23.5 Å². The second-order valence-corrected chi connectivity index (χ2v) is 4.03. The summed E-state index contributed by atoms with van der Waals surface area (Å²) in [6, 6.07) is 6.72. The lowest BCUT2D eigenvalue weighted by atomic mass is 10.00. The van der Waals surface area contributed by atoms with Gasteiger partial charge in [-0.3, -0.25) is 9.59 Å². The fraction of sp³-hybridized carbons (Fsp3) is 0.250. The molecule has 0 spiro atoms. The highest BCUT2D eigenvalue weighted by Crippen LogP contribution is 2.10. The molecule has 83 valence electrons. The van der Waals surface area contributed by atoms with Gasteiger partial charge in [0.1, 0.15) is 4.99 Å². The fourth-order valence-corrected chi connectivity index (χ4v) is 1.39. The summed E-state index contributed by atoms with van der Waals surface area (Å²) in [6.45, 7) is 1.66. The zero-order valence-corrected chi connectivity index (χ0v) is 9.71. The normalized spacial score (nSPS) is 11.8. The number of rotatable bonds is 5. The molecule has 1 radical (unpaired) electrons. The summed E-state index contributed by atoms with van der Waals surface area (Å²) in [4.78, 5) is 22.3. The average Bonchev–Trinajstić information content (AvgIpc) is 2.28. The lowest BCUT2D eigenvalue weighted by Crippen LogP contribution is -2.10. The molecule has 1 aromatic carbocycles. The first-order valence-corrected chi connectivity index (χ1v) is 5.26. The second kappa shape index (κ2) is 5.51. The molecule has 0 amide bonds. The molecule has 0 heterocycles. The highest BCUT2D eigenvalue weighted by molar-refractivity contribution is 7.80. The van der Waals surface area contributed by atoms with Crippen molar-refractivity contribution in [2.75, 3.05) is 0 Å². The molecule has 0 saturated carbocycles. The third-order valence-corrected chi connectivity index (χ3v) is 2.42. The maximum Gasteiger partial charge on any atom is 0.201 e. The van der Waals surface area contributed by atoms with Crippen LogP contribution in [-0.2, 0) is 4.79 Å². The lowest BCUT2D eigenvalue weighted by molar-refractivity contribution is 0.0973. The van der Waals surface area contributed by atoms with Crippen molar-refractivity contribution in [2.45, 2.75) is 13.3 Å². The van der Waals surface area contributed by atoms with Gasteiger partial charge in [-0.2, -0.15) is 0 Å². The predicted molar refractivity (Wildman–Crippen MR) is 66.1 cm³/mol. The summed E-state index contributed by atoms with van der Waals surface area (Å²) in [5.74, 6) is -0.451. The second-order valence-electron chi connectivity index (χ2n) is 3.59. The smallest absolute Gasteiger partial charge is 0.201 e. The molecule has 0 aromatic heterocycles. The molecular weight excluding hydrogens is 222 g/mol.